The third-order valence-corrected chi connectivity index (χ3v) is 7.47. The van der Waals surface area contributed by atoms with Gasteiger partial charge in [-0.1, -0.05) is 87.9 Å². The molecule has 3 amide bonds. The molecule has 8 nitrogen and oxygen atoms in total. The van der Waals surface area contributed by atoms with E-state index in [9.17, 15) is 19.2 Å². The first kappa shape index (κ1) is 33.0. The molecule has 3 rings (SSSR count). The molecule has 1 fully saturated rings. The van der Waals surface area contributed by atoms with E-state index in [4.69, 9.17) is 4.74 Å². The van der Waals surface area contributed by atoms with E-state index in [1.54, 1.807) is 6.92 Å². The average molecular weight is 578 g/mol. The summed E-state index contributed by atoms with van der Waals surface area (Å²) in [6, 6.07) is 15.0. The number of ether oxygens (including phenoxy) is 1. The van der Waals surface area contributed by atoms with Crippen LogP contribution in [-0.4, -0.2) is 53.8 Å². The maximum absolute atomic E-state index is 13.7. The smallest absolute Gasteiger partial charge is 0.243 e. The Bertz CT molecular complexity index is 1210. The molecule has 228 valence electrons. The van der Waals surface area contributed by atoms with Gasteiger partial charge in [-0.05, 0) is 56.1 Å². The van der Waals surface area contributed by atoms with Gasteiger partial charge in [-0.3, -0.25) is 19.2 Å². The minimum atomic E-state index is -0.936. The van der Waals surface area contributed by atoms with Gasteiger partial charge in [0.2, 0.25) is 17.7 Å². The minimum Gasteiger partial charge on any atom is -0.361 e. The van der Waals surface area contributed by atoms with Gasteiger partial charge in [0, 0.05) is 12.8 Å². The average Bonchev–Trinajstić information content (AvgIpc) is 3.69. The van der Waals surface area contributed by atoms with Crippen molar-refractivity contribution in [1.29, 1.82) is 0 Å². The molecule has 0 saturated carbocycles. The summed E-state index contributed by atoms with van der Waals surface area (Å²) >= 11 is 0. The van der Waals surface area contributed by atoms with Gasteiger partial charge in [-0.2, -0.15) is 0 Å². The van der Waals surface area contributed by atoms with Crippen LogP contribution in [0.1, 0.15) is 70.6 Å². The Morgan fingerprint density at radius 1 is 0.762 bits per heavy atom. The third-order valence-electron chi connectivity index (χ3n) is 7.47. The van der Waals surface area contributed by atoms with Crippen LogP contribution >= 0.6 is 0 Å². The van der Waals surface area contributed by atoms with Crippen molar-refractivity contribution in [2.45, 2.75) is 97.4 Å². The van der Waals surface area contributed by atoms with Gasteiger partial charge in [0.25, 0.3) is 0 Å². The number of aryl methyl sites for hydroxylation is 2. The molecule has 1 aliphatic heterocycles. The van der Waals surface area contributed by atoms with E-state index in [0.717, 1.165) is 16.7 Å². The maximum Gasteiger partial charge on any atom is 0.243 e. The van der Waals surface area contributed by atoms with E-state index >= 15 is 0 Å². The normalized spacial score (nSPS) is 18.2. The largest absolute Gasteiger partial charge is 0.361 e. The highest BCUT2D eigenvalue weighted by Crippen LogP contribution is 2.29. The summed E-state index contributed by atoms with van der Waals surface area (Å²) in [6.07, 6.45) is 1.94. The number of benzene rings is 2. The van der Waals surface area contributed by atoms with Gasteiger partial charge in [0.15, 0.2) is 5.78 Å². The lowest BCUT2D eigenvalue weighted by atomic mass is 9.93. The molecule has 0 spiro atoms. The SMILES string of the molecule is Cc1ccc(CCC(=O)NC(CC(C)C)C(=O)N[C@@H](Cc2ccccc2)C(=O)N[C@@H](CC(C)C)C(=O)[C@@]2(C)CO2)cc1. The zero-order valence-corrected chi connectivity index (χ0v) is 25.9. The molecule has 0 radical (unpaired) electrons. The Labute approximate surface area is 250 Å². The highest BCUT2D eigenvalue weighted by molar-refractivity contribution is 5.98. The van der Waals surface area contributed by atoms with Crippen LogP contribution in [0.25, 0.3) is 0 Å². The van der Waals surface area contributed by atoms with E-state index in [0.29, 0.717) is 25.9 Å². The van der Waals surface area contributed by atoms with Crippen LogP contribution in [0, 0.1) is 18.8 Å². The maximum atomic E-state index is 13.7. The van der Waals surface area contributed by atoms with Gasteiger partial charge in [0.05, 0.1) is 12.6 Å². The Morgan fingerprint density at radius 3 is 1.88 bits per heavy atom. The molecule has 0 bridgehead atoms. The number of carbonyl (C=O) groups is 4. The lowest BCUT2D eigenvalue weighted by Crippen LogP contribution is -2.57. The Hall–Kier alpha value is -3.52. The summed E-state index contributed by atoms with van der Waals surface area (Å²) < 4.78 is 5.37. The first-order valence-corrected chi connectivity index (χ1v) is 15.0. The van der Waals surface area contributed by atoms with Gasteiger partial charge in [-0.25, -0.2) is 0 Å². The molecule has 2 aromatic rings. The summed E-state index contributed by atoms with van der Waals surface area (Å²) in [5.41, 5.74) is 2.19. The van der Waals surface area contributed by atoms with Gasteiger partial charge in [-0.15, -0.1) is 0 Å². The fourth-order valence-corrected chi connectivity index (χ4v) is 4.91. The molecule has 1 saturated heterocycles. The fourth-order valence-electron chi connectivity index (χ4n) is 4.91. The Balaban J connectivity index is 1.73. The van der Waals surface area contributed by atoms with E-state index < -0.39 is 35.5 Å². The highest BCUT2D eigenvalue weighted by Gasteiger charge is 2.50. The predicted molar refractivity (Wildman–Crippen MR) is 164 cm³/mol. The second kappa shape index (κ2) is 15.1. The van der Waals surface area contributed by atoms with Crippen molar-refractivity contribution in [2.75, 3.05) is 6.61 Å². The monoisotopic (exact) mass is 577 g/mol. The van der Waals surface area contributed by atoms with Crippen molar-refractivity contribution in [2.24, 2.45) is 11.8 Å². The number of rotatable bonds is 16. The molecular formula is C34H47N3O5. The van der Waals surface area contributed by atoms with Crippen molar-refractivity contribution in [1.82, 2.24) is 16.0 Å². The first-order chi connectivity index (χ1) is 19.9. The second-order valence-corrected chi connectivity index (χ2v) is 12.6. The molecule has 42 heavy (non-hydrogen) atoms. The van der Waals surface area contributed by atoms with Crippen LogP contribution in [0.15, 0.2) is 54.6 Å². The zero-order chi connectivity index (χ0) is 30.9. The van der Waals surface area contributed by atoms with Crippen molar-refractivity contribution in [3.63, 3.8) is 0 Å². The predicted octanol–water partition coefficient (Wildman–Crippen LogP) is 4.07. The van der Waals surface area contributed by atoms with E-state index in [1.807, 2.05) is 89.2 Å². The van der Waals surface area contributed by atoms with Crippen molar-refractivity contribution in [3.8, 4) is 0 Å². The number of hydrogen-bond donors (Lipinski definition) is 3. The highest BCUT2D eigenvalue weighted by atomic mass is 16.6. The van der Waals surface area contributed by atoms with Crippen molar-refractivity contribution >= 4 is 23.5 Å². The van der Waals surface area contributed by atoms with Crippen LogP contribution in [0.4, 0.5) is 0 Å². The molecule has 8 heteroatoms. The van der Waals surface area contributed by atoms with E-state index in [2.05, 4.69) is 16.0 Å². The number of carbonyl (C=O) groups excluding carboxylic acids is 4. The van der Waals surface area contributed by atoms with Crippen LogP contribution in [-0.2, 0) is 36.8 Å². The first-order valence-electron chi connectivity index (χ1n) is 15.0. The molecular weight excluding hydrogens is 530 g/mol. The topological polar surface area (TPSA) is 117 Å². The fraction of sp³-hybridized carbons (Fsp3) is 0.529. The van der Waals surface area contributed by atoms with Gasteiger partial charge in [0.1, 0.15) is 17.7 Å². The van der Waals surface area contributed by atoms with E-state index in [1.165, 1.54) is 0 Å². The molecule has 1 aliphatic rings. The lowest BCUT2D eigenvalue weighted by Gasteiger charge is -2.27. The zero-order valence-electron chi connectivity index (χ0n) is 25.9. The standard InChI is InChI=1S/C34H47N3O5/c1-22(2)18-27(31(39)34(6)21-42-34)36-33(41)29(20-26-10-8-7-9-11-26)37-32(40)28(19-23(3)4)35-30(38)17-16-25-14-12-24(5)13-15-25/h7-15,22-23,27-29H,16-21H2,1-6H3,(H,35,38)(H,36,41)(H,37,40)/t27-,28?,29-,34+/m0/s1. The van der Waals surface area contributed by atoms with E-state index in [-0.39, 0.29) is 36.4 Å². The molecule has 0 aromatic heterocycles. The number of amides is 3. The third kappa shape index (κ3) is 10.4. The Morgan fingerprint density at radius 2 is 1.31 bits per heavy atom. The van der Waals surface area contributed by atoms with Crippen molar-refractivity contribution < 1.29 is 23.9 Å². The second-order valence-electron chi connectivity index (χ2n) is 12.6. The Kier molecular flexibility index (Phi) is 11.9. The van der Waals surface area contributed by atoms with Crippen molar-refractivity contribution in [3.05, 3.63) is 71.3 Å². The summed E-state index contributed by atoms with van der Waals surface area (Å²) in [5.74, 6) is -0.952. The van der Waals surface area contributed by atoms with Crippen LogP contribution in [0.5, 0.6) is 0 Å². The molecule has 2 aromatic carbocycles. The molecule has 4 atom stereocenters. The van der Waals surface area contributed by atoms with Crippen LogP contribution in [0.2, 0.25) is 0 Å². The number of nitrogens with one attached hydrogen (secondary N) is 3. The quantitative estimate of drug-likeness (QED) is 0.260. The summed E-state index contributed by atoms with van der Waals surface area (Å²) in [5, 5.41) is 8.71. The molecule has 0 aliphatic carbocycles. The van der Waals surface area contributed by atoms with Crippen LogP contribution in [0.3, 0.4) is 0 Å². The minimum absolute atomic E-state index is 0.131. The number of hydrogen-bond acceptors (Lipinski definition) is 5. The molecule has 3 N–H and O–H groups in total. The number of Topliss-reactive ketones (excluding diaryl/α,β-unsaturated/α-hetero) is 1. The molecule has 1 heterocycles. The van der Waals surface area contributed by atoms with Crippen LogP contribution < -0.4 is 16.0 Å². The molecule has 1 unspecified atom stereocenters. The number of epoxide rings is 1. The lowest BCUT2D eigenvalue weighted by molar-refractivity contribution is -0.134. The summed E-state index contributed by atoms with van der Waals surface area (Å²) in [4.78, 5) is 53.3. The van der Waals surface area contributed by atoms with Gasteiger partial charge >= 0.3 is 0 Å². The van der Waals surface area contributed by atoms with Gasteiger partial charge < -0.3 is 20.7 Å². The summed E-state index contributed by atoms with van der Waals surface area (Å²) in [7, 11) is 0. The number of ketones is 1. The summed E-state index contributed by atoms with van der Waals surface area (Å²) in [6.45, 7) is 12.0.